The maximum Gasteiger partial charge on any atom is 0.0559 e. The third-order valence-electron chi connectivity index (χ3n) is 1.62. The Kier molecular flexibility index (Phi) is 3.76. The molecule has 4 nitrogen and oxygen atoms in total. The van der Waals surface area contributed by atoms with E-state index in [1.165, 1.54) is 0 Å². The van der Waals surface area contributed by atoms with Crippen LogP contribution < -0.4 is 5.32 Å². The quantitative estimate of drug-likeness (QED) is 0.644. The topological polar surface area (TPSA) is 50.1 Å². The molecule has 0 aliphatic carbocycles. The maximum absolute atomic E-state index is 8.56. The van der Waals surface area contributed by atoms with Crippen molar-refractivity contribution < 1.29 is 5.11 Å². The van der Waals surface area contributed by atoms with Crippen molar-refractivity contribution in [3.05, 3.63) is 18.5 Å². The summed E-state index contributed by atoms with van der Waals surface area (Å²) in [6.45, 7) is 3.73. The number of nitrogens with zero attached hydrogens (tertiary/aromatic N) is 2. The van der Waals surface area contributed by atoms with E-state index in [-0.39, 0.29) is 6.61 Å². The zero-order valence-electron chi connectivity index (χ0n) is 7.27. The van der Waals surface area contributed by atoms with Crippen molar-refractivity contribution in [3.8, 4) is 0 Å². The average molecular weight is 169 g/mol. The molecule has 68 valence electrons. The van der Waals surface area contributed by atoms with E-state index in [1.54, 1.807) is 6.20 Å². The van der Waals surface area contributed by atoms with E-state index in [0.717, 1.165) is 6.54 Å². The molecule has 1 aromatic rings. The predicted octanol–water partition coefficient (Wildman–Crippen LogP) is -0.147. The minimum Gasteiger partial charge on any atom is -0.395 e. The Morgan fingerprint density at radius 3 is 3.08 bits per heavy atom. The fourth-order valence-corrected chi connectivity index (χ4v) is 1.06. The van der Waals surface area contributed by atoms with Crippen LogP contribution in [-0.4, -0.2) is 34.1 Å². The maximum atomic E-state index is 8.56. The molecule has 0 spiro atoms. The van der Waals surface area contributed by atoms with Gasteiger partial charge in [-0.25, -0.2) is 0 Å². The second-order valence-electron chi connectivity index (χ2n) is 2.81. The molecule has 1 aromatic heterocycles. The highest BCUT2D eigenvalue weighted by atomic mass is 16.3. The molecule has 4 heteroatoms. The summed E-state index contributed by atoms with van der Waals surface area (Å²) in [5.41, 5.74) is 0. The number of aliphatic hydroxyl groups is 1. The van der Waals surface area contributed by atoms with E-state index >= 15 is 0 Å². The monoisotopic (exact) mass is 169 g/mol. The third-order valence-corrected chi connectivity index (χ3v) is 1.62. The van der Waals surface area contributed by atoms with Gasteiger partial charge in [0.25, 0.3) is 0 Å². The zero-order chi connectivity index (χ0) is 8.81. The van der Waals surface area contributed by atoms with Gasteiger partial charge >= 0.3 is 0 Å². The van der Waals surface area contributed by atoms with Crippen molar-refractivity contribution in [3.63, 3.8) is 0 Å². The van der Waals surface area contributed by atoms with Gasteiger partial charge in [0.1, 0.15) is 0 Å². The van der Waals surface area contributed by atoms with Crippen LogP contribution in [0.5, 0.6) is 0 Å². The molecular weight excluding hydrogens is 154 g/mol. The molecule has 0 saturated heterocycles. The smallest absolute Gasteiger partial charge is 0.0559 e. The Hall–Kier alpha value is -0.870. The number of nitrogens with one attached hydrogen (secondary N) is 1. The van der Waals surface area contributed by atoms with Crippen LogP contribution in [0.15, 0.2) is 18.5 Å². The van der Waals surface area contributed by atoms with Gasteiger partial charge in [-0.05, 0) is 13.0 Å². The van der Waals surface area contributed by atoms with Crippen molar-refractivity contribution in [2.45, 2.75) is 19.5 Å². The fraction of sp³-hybridized carbons (Fsp3) is 0.625. The van der Waals surface area contributed by atoms with Crippen molar-refractivity contribution in [1.29, 1.82) is 0 Å². The highest BCUT2D eigenvalue weighted by Crippen LogP contribution is 1.89. The second kappa shape index (κ2) is 4.90. The molecule has 0 radical (unpaired) electrons. The normalized spacial score (nSPS) is 13.2. The van der Waals surface area contributed by atoms with Crippen LogP contribution in [-0.2, 0) is 6.54 Å². The first-order valence-corrected chi connectivity index (χ1v) is 4.14. The fourth-order valence-electron chi connectivity index (χ4n) is 1.06. The molecule has 0 aliphatic heterocycles. The van der Waals surface area contributed by atoms with E-state index in [9.17, 15) is 0 Å². The van der Waals surface area contributed by atoms with Gasteiger partial charge in [-0.3, -0.25) is 4.68 Å². The summed E-state index contributed by atoms with van der Waals surface area (Å²) in [5, 5.41) is 15.8. The lowest BCUT2D eigenvalue weighted by molar-refractivity contribution is 0.281. The zero-order valence-corrected chi connectivity index (χ0v) is 7.27. The van der Waals surface area contributed by atoms with Gasteiger partial charge in [0.2, 0.25) is 0 Å². The van der Waals surface area contributed by atoms with Crippen LogP contribution in [0, 0.1) is 0 Å². The summed E-state index contributed by atoms with van der Waals surface area (Å²) in [4.78, 5) is 0. The second-order valence-corrected chi connectivity index (χ2v) is 2.81. The van der Waals surface area contributed by atoms with Gasteiger partial charge < -0.3 is 10.4 Å². The molecule has 0 amide bonds. The molecular formula is C8H15N3O. The molecule has 0 aliphatic rings. The van der Waals surface area contributed by atoms with Gasteiger partial charge in [-0.1, -0.05) is 0 Å². The standard InChI is InChI=1S/C8H15N3O/c1-8(9-4-6-12)7-11-5-2-3-10-11/h2-3,5,8-9,12H,4,6-7H2,1H3. The molecule has 0 fully saturated rings. The Balaban J connectivity index is 2.22. The Morgan fingerprint density at radius 1 is 1.67 bits per heavy atom. The average Bonchev–Trinajstić information content (AvgIpc) is 2.53. The van der Waals surface area contributed by atoms with Crippen molar-refractivity contribution in [2.24, 2.45) is 0 Å². The molecule has 0 bridgehead atoms. The summed E-state index contributed by atoms with van der Waals surface area (Å²) in [6, 6.07) is 2.25. The summed E-state index contributed by atoms with van der Waals surface area (Å²) >= 11 is 0. The number of aliphatic hydroxyl groups excluding tert-OH is 1. The van der Waals surface area contributed by atoms with E-state index in [2.05, 4.69) is 17.3 Å². The first-order chi connectivity index (χ1) is 5.83. The molecule has 1 unspecified atom stereocenters. The predicted molar refractivity (Wildman–Crippen MR) is 46.8 cm³/mol. The lowest BCUT2D eigenvalue weighted by Gasteiger charge is -2.12. The van der Waals surface area contributed by atoms with Crippen molar-refractivity contribution >= 4 is 0 Å². The van der Waals surface area contributed by atoms with E-state index in [4.69, 9.17) is 5.11 Å². The Labute approximate surface area is 72.2 Å². The Morgan fingerprint density at radius 2 is 2.50 bits per heavy atom. The Bertz CT molecular complexity index is 198. The first kappa shape index (κ1) is 9.22. The first-order valence-electron chi connectivity index (χ1n) is 4.14. The summed E-state index contributed by atoms with van der Waals surface area (Å²) in [6.07, 6.45) is 3.69. The molecule has 12 heavy (non-hydrogen) atoms. The van der Waals surface area contributed by atoms with Crippen molar-refractivity contribution in [1.82, 2.24) is 15.1 Å². The molecule has 1 heterocycles. The van der Waals surface area contributed by atoms with Crippen LogP contribution in [0.25, 0.3) is 0 Å². The third kappa shape index (κ3) is 3.02. The van der Waals surface area contributed by atoms with Crippen LogP contribution in [0.3, 0.4) is 0 Å². The molecule has 1 atom stereocenters. The molecule has 0 saturated carbocycles. The molecule has 2 N–H and O–H groups in total. The van der Waals surface area contributed by atoms with Gasteiger partial charge in [-0.2, -0.15) is 5.10 Å². The lowest BCUT2D eigenvalue weighted by Crippen LogP contribution is -2.32. The van der Waals surface area contributed by atoms with E-state index in [0.29, 0.717) is 12.6 Å². The highest BCUT2D eigenvalue weighted by Gasteiger charge is 2.00. The van der Waals surface area contributed by atoms with Gasteiger partial charge in [0.15, 0.2) is 0 Å². The minimum absolute atomic E-state index is 0.184. The molecule has 1 rings (SSSR count). The van der Waals surface area contributed by atoms with E-state index < -0.39 is 0 Å². The van der Waals surface area contributed by atoms with Gasteiger partial charge in [0.05, 0.1) is 13.2 Å². The van der Waals surface area contributed by atoms with E-state index in [1.807, 2.05) is 16.9 Å². The van der Waals surface area contributed by atoms with Crippen LogP contribution in [0.2, 0.25) is 0 Å². The van der Waals surface area contributed by atoms with Gasteiger partial charge in [-0.15, -0.1) is 0 Å². The van der Waals surface area contributed by atoms with Gasteiger partial charge in [0, 0.05) is 25.0 Å². The highest BCUT2D eigenvalue weighted by molar-refractivity contribution is 4.78. The number of hydrogen-bond acceptors (Lipinski definition) is 3. The minimum atomic E-state index is 0.184. The summed E-state index contributed by atoms with van der Waals surface area (Å²) in [7, 11) is 0. The number of aromatic nitrogens is 2. The number of rotatable bonds is 5. The molecule has 0 aromatic carbocycles. The summed E-state index contributed by atoms with van der Waals surface area (Å²) in [5.74, 6) is 0. The number of hydrogen-bond donors (Lipinski definition) is 2. The van der Waals surface area contributed by atoms with Crippen LogP contribution >= 0.6 is 0 Å². The largest absolute Gasteiger partial charge is 0.395 e. The van der Waals surface area contributed by atoms with Crippen LogP contribution in [0.1, 0.15) is 6.92 Å². The SMILES string of the molecule is CC(Cn1cccn1)NCCO. The van der Waals surface area contributed by atoms with Crippen LogP contribution in [0.4, 0.5) is 0 Å². The lowest BCUT2D eigenvalue weighted by atomic mass is 10.3. The van der Waals surface area contributed by atoms with Crippen molar-refractivity contribution in [2.75, 3.05) is 13.2 Å². The summed E-state index contributed by atoms with van der Waals surface area (Å²) < 4.78 is 1.87.